The average Bonchev–Trinajstić information content (AvgIpc) is 2.90. The van der Waals surface area contributed by atoms with Crippen LogP contribution in [0, 0.1) is 11.3 Å². The fourth-order valence-corrected chi connectivity index (χ4v) is 7.53. The number of nitrogens with one attached hydrogen (secondary N) is 1. The first-order chi connectivity index (χ1) is 20.8. The van der Waals surface area contributed by atoms with Crippen LogP contribution in [0.2, 0.25) is 36.3 Å². The second kappa shape index (κ2) is 14.8. The average molecular weight is 674 g/mol. The van der Waals surface area contributed by atoms with Gasteiger partial charge in [-0.15, -0.1) is 0 Å². The first kappa shape index (κ1) is 39.8. The van der Waals surface area contributed by atoms with Gasteiger partial charge in [-0.3, -0.25) is 19.2 Å². The molecule has 258 valence electrons. The number of Topliss-reactive ketones (excluding diaryl/α,β-unsaturated/α-hetero) is 2. The Morgan fingerprint density at radius 2 is 1.48 bits per heavy atom. The molecule has 3 aliphatic rings. The summed E-state index contributed by atoms with van der Waals surface area (Å²) in [6, 6.07) is -1.11. The first-order valence-corrected chi connectivity index (χ1v) is 22.3. The molecule has 1 saturated heterocycles. The molecular weight excluding hydrogens is 615 g/mol. The third kappa shape index (κ3) is 9.58. The number of amides is 1. The number of rotatable bonds is 6. The van der Waals surface area contributed by atoms with E-state index < -0.39 is 63.9 Å². The van der Waals surface area contributed by atoms with Crippen molar-refractivity contribution in [1.82, 2.24) is 5.32 Å². The number of allylic oxidation sites excluding steroid dienone is 4. The predicted molar refractivity (Wildman–Crippen MR) is 189 cm³/mol. The standard InChI is InChI=1S/C36H59NO7Si2/c1-24-20-21-27(43-45(11,12)34(4,5)6)18-16-15-17-19-28(44-46(13,14)35(7,8)9)23-29-25(2)31(39)36(10,33(41)42-29)30(22-24)37-32(40)26(3)38/h15-17,19-22,25,27-30H,18,23H2,1-14H3,(H,37,40)/b16-15+,19-17+,21-20+,24-22+/t25-,27+,28-,29-,30-,36+/m1/s1. The van der Waals surface area contributed by atoms with Crippen molar-refractivity contribution in [2.75, 3.05) is 0 Å². The summed E-state index contributed by atoms with van der Waals surface area (Å²) in [7, 11) is -4.37. The van der Waals surface area contributed by atoms with Crippen LogP contribution in [-0.4, -0.2) is 64.4 Å². The quantitative estimate of drug-likeness (QED) is 0.136. The minimum absolute atomic E-state index is 0.00421. The summed E-state index contributed by atoms with van der Waals surface area (Å²) < 4.78 is 19.6. The molecule has 0 unspecified atom stereocenters. The minimum atomic E-state index is -2.24. The zero-order valence-corrected chi connectivity index (χ0v) is 32.7. The highest BCUT2D eigenvalue weighted by atomic mass is 28.4. The Morgan fingerprint density at radius 1 is 0.935 bits per heavy atom. The van der Waals surface area contributed by atoms with Crippen LogP contribution < -0.4 is 5.32 Å². The van der Waals surface area contributed by atoms with Gasteiger partial charge in [-0.05, 0) is 56.5 Å². The maximum Gasteiger partial charge on any atom is 0.322 e. The van der Waals surface area contributed by atoms with Gasteiger partial charge in [0.2, 0.25) is 5.78 Å². The van der Waals surface area contributed by atoms with Crippen LogP contribution in [0.1, 0.15) is 82.1 Å². The van der Waals surface area contributed by atoms with E-state index >= 15 is 0 Å². The van der Waals surface area contributed by atoms with E-state index in [0.717, 1.165) is 6.92 Å². The van der Waals surface area contributed by atoms with Crippen molar-refractivity contribution in [3.63, 3.8) is 0 Å². The van der Waals surface area contributed by atoms with Crippen LogP contribution in [-0.2, 0) is 32.8 Å². The molecule has 6 atom stereocenters. The van der Waals surface area contributed by atoms with Crippen LogP contribution in [0.25, 0.3) is 0 Å². The van der Waals surface area contributed by atoms with Gasteiger partial charge in [0, 0.05) is 13.3 Å². The maximum absolute atomic E-state index is 14.1. The monoisotopic (exact) mass is 673 g/mol. The maximum atomic E-state index is 14.1. The summed E-state index contributed by atoms with van der Waals surface area (Å²) in [4.78, 5) is 52.6. The van der Waals surface area contributed by atoms with Crippen LogP contribution >= 0.6 is 0 Å². The summed E-state index contributed by atoms with van der Waals surface area (Å²) in [6.07, 6.45) is 13.1. The van der Waals surface area contributed by atoms with Gasteiger partial charge in [0.1, 0.15) is 11.5 Å². The number of esters is 1. The lowest BCUT2D eigenvalue weighted by molar-refractivity contribution is -0.181. The molecule has 0 aromatic rings. The molecule has 0 aromatic carbocycles. The molecule has 2 aliphatic heterocycles. The molecule has 46 heavy (non-hydrogen) atoms. The van der Waals surface area contributed by atoms with Crippen LogP contribution in [0.15, 0.2) is 48.1 Å². The third-order valence-electron chi connectivity index (χ3n) is 10.3. The molecule has 0 radical (unpaired) electrons. The number of carbonyl (C=O) groups is 4. The van der Waals surface area contributed by atoms with Crippen molar-refractivity contribution < 1.29 is 32.8 Å². The summed E-state index contributed by atoms with van der Waals surface area (Å²) in [5.41, 5.74) is -1.04. The molecule has 1 N–H and O–H groups in total. The summed E-state index contributed by atoms with van der Waals surface area (Å²) in [5, 5.41) is 2.60. The first-order valence-electron chi connectivity index (χ1n) is 16.5. The van der Waals surface area contributed by atoms with E-state index in [-0.39, 0.29) is 22.0 Å². The van der Waals surface area contributed by atoms with Crippen LogP contribution in [0.5, 0.6) is 0 Å². The molecule has 3 rings (SSSR count). The Kier molecular flexibility index (Phi) is 12.8. The summed E-state index contributed by atoms with van der Waals surface area (Å²) in [6.45, 7) is 28.1. The SMILES string of the molecule is CC(=O)C(=O)N[C@@H]1/C=C(C)/C=C/[C@@H](O[Si](C)(C)C(C)(C)C)C/C=C/C=C/[C@@H](O[Si](C)(C)C(C)(C)C)C[C@H]2OC(=O)[C@]1(C)C(=O)[C@@H]2C. The molecule has 10 heteroatoms. The Morgan fingerprint density at radius 3 is 2.00 bits per heavy atom. The lowest BCUT2D eigenvalue weighted by Gasteiger charge is -2.44. The Balaban J connectivity index is 2.71. The molecule has 1 fully saturated rings. The topological polar surface area (TPSA) is 108 Å². The largest absolute Gasteiger partial charge is 0.461 e. The van der Waals surface area contributed by atoms with E-state index in [4.69, 9.17) is 13.6 Å². The van der Waals surface area contributed by atoms with Crippen LogP contribution in [0.3, 0.4) is 0 Å². The number of ketones is 2. The molecule has 1 amide bonds. The van der Waals surface area contributed by atoms with E-state index in [2.05, 4.69) is 79.1 Å². The number of ether oxygens (including phenoxy) is 1. The van der Waals surface area contributed by atoms with E-state index in [1.54, 1.807) is 13.0 Å². The Labute approximate surface area is 279 Å². The number of carbonyl (C=O) groups excluding carboxylic acids is 4. The predicted octanol–water partition coefficient (Wildman–Crippen LogP) is 7.39. The molecule has 0 spiro atoms. The fourth-order valence-electron chi connectivity index (χ4n) is 4.96. The lowest BCUT2D eigenvalue weighted by Crippen LogP contribution is -2.61. The number of hydrogen-bond donors (Lipinski definition) is 1. The van der Waals surface area contributed by atoms with Gasteiger partial charge in [0.15, 0.2) is 22.4 Å². The minimum Gasteiger partial charge on any atom is -0.461 e. The van der Waals surface area contributed by atoms with Gasteiger partial charge in [-0.1, -0.05) is 96.6 Å². The van der Waals surface area contributed by atoms with Gasteiger partial charge >= 0.3 is 5.97 Å². The van der Waals surface area contributed by atoms with E-state index in [9.17, 15) is 19.2 Å². The van der Waals surface area contributed by atoms with Crippen molar-refractivity contribution in [3.05, 3.63) is 48.1 Å². The van der Waals surface area contributed by atoms with Crippen LogP contribution in [0.4, 0.5) is 0 Å². The molecule has 8 nitrogen and oxygen atoms in total. The van der Waals surface area contributed by atoms with Crippen molar-refractivity contribution in [3.8, 4) is 0 Å². The Bertz CT molecular complexity index is 1280. The normalized spacial score (nSPS) is 32.0. The highest BCUT2D eigenvalue weighted by molar-refractivity contribution is 6.74. The Hall–Kier alpha value is -2.41. The molecule has 2 heterocycles. The van der Waals surface area contributed by atoms with Crippen molar-refractivity contribution in [1.29, 1.82) is 0 Å². The van der Waals surface area contributed by atoms with Gasteiger partial charge in [-0.25, -0.2) is 0 Å². The van der Waals surface area contributed by atoms with E-state index in [1.807, 2.05) is 37.3 Å². The number of hydrogen-bond acceptors (Lipinski definition) is 7. The fraction of sp³-hybridized carbons (Fsp3) is 0.667. The highest BCUT2D eigenvalue weighted by Gasteiger charge is 2.56. The number of fused-ring (bicyclic) bond motifs is 10. The lowest BCUT2D eigenvalue weighted by atomic mass is 9.69. The molecule has 0 saturated carbocycles. The molecular formula is C36H59NO7Si2. The second-order valence-corrected chi connectivity index (χ2v) is 25.7. The second-order valence-electron chi connectivity index (χ2n) is 16.2. The molecule has 2 bridgehead atoms. The third-order valence-corrected chi connectivity index (χ3v) is 19.3. The van der Waals surface area contributed by atoms with Gasteiger partial charge in [0.05, 0.1) is 24.2 Å². The zero-order valence-electron chi connectivity index (χ0n) is 30.7. The zero-order chi connectivity index (χ0) is 35.5. The van der Waals surface area contributed by atoms with Crippen molar-refractivity contribution >= 4 is 40.1 Å². The smallest absolute Gasteiger partial charge is 0.322 e. The summed E-state index contributed by atoms with van der Waals surface area (Å²) >= 11 is 0. The summed E-state index contributed by atoms with van der Waals surface area (Å²) in [5.74, 6) is -3.35. The van der Waals surface area contributed by atoms with Gasteiger partial charge in [-0.2, -0.15) is 0 Å². The van der Waals surface area contributed by atoms with E-state index in [1.165, 1.54) is 6.92 Å². The molecule has 1 aliphatic carbocycles. The van der Waals surface area contributed by atoms with Crippen molar-refractivity contribution in [2.24, 2.45) is 11.3 Å². The van der Waals surface area contributed by atoms with Gasteiger partial charge in [0.25, 0.3) is 5.91 Å². The van der Waals surface area contributed by atoms with E-state index in [0.29, 0.717) is 18.4 Å². The van der Waals surface area contributed by atoms with Crippen molar-refractivity contribution in [2.45, 2.75) is 143 Å². The molecule has 0 aromatic heterocycles. The van der Waals surface area contributed by atoms with Gasteiger partial charge < -0.3 is 18.9 Å². The highest BCUT2D eigenvalue weighted by Crippen LogP contribution is 2.41.